The molecule has 0 unspecified atom stereocenters. The zero-order valence-corrected chi connectivity index (χ0v) is 17.6. The van der Waals surface area contributed by atoms with Crippen LogP contribution in [0.3, 0.4) is 0 Å². The van der Waals surface area contributed by atoms with E-state index in [0.29, 0.717) is 24.8 Å². The first kappa shape index (κ1) is 19.8. The van der Waals surface area contributed by atoms with Crippen LogP contribution < -0.4 is 0 Å². The average Bonchev–Trinajstić information content (AvgIpc) is 3.28. The van der Waals surface area contributed by atoms with E-state index >= 15 is 0 Å². The maximum atomic E-state index is 13.0. The van der Waals surface area contributed by atoms with Gasteiger partial charge in [-0.3, -0.25) is 9.36 Å². The van der Waals surface area contributed by atoms with Crippen LogP contribution in [0.25, 0.3) is 0 Å². The monoisotopic (exact) mass is 410 g/mol. The van der Waals surface area contributed by atoms with Gasteiger partial charge in [0.25, 0.3) is 0 Å². The topological polar surface area (TPSA) is 64.2 Å². The Bertz CT molecular complexity index is 933. The maximum absolute atomic E-state index is 13.0. The summed E-state index contributed by atoms with van der Waals surface area (Å²) in [7, 11) is 0. The van der Waals surface area contributed by atoms with Gasteiger partial charge in [-0.1, -0.05) is 42.1 Å². The van der Waals surface area contributed by atoms with Gasteiger partial charge in [-0.15, -0.1) is 10.2 Å². The van der Waals surface area contributed by atoms with E-state index in [0.717, 1.165) is 35.1 Å². The van der Waals surface area contributed by atoms with Crippen molar-refractivity contribution >= 4 is 17.7 Å². The Kier molecular flexibility index (Phi) is 6.04. The summed E-state index contributed by atoms with van der Waals surface area (Å²) >= 11 is 1.46. The Morgan fingerprint density at radius 3 is 2.66 bits per heavy atom. The summed E-state index contributed by atoms with van der Waals surface area (Å²) < 4.78 is 7.62. The Balaban J connectivity index is 1.45. The molecule has 1 amide bonds. The van der Waals surface area contributed by atoms with Crippen LogP contribution in [-0.4, -0.2) is 37.4 Å². The van der Waals surface area contributed by atoms with E-state index in [-0.39, 0.29) is 11.9 Å². The molecule has 0 N–H and O–H groups in total. The van der Waals surface area contributed by atoms with Crippen LogP contribution in [0.2, 0.25) is 0 Å². The molecule has 0 spiro atoms. The molecule has 4 rings (SSSR count). The fraction of sp³-hybridized carbons (Fsp3) is 0.409. The molecular formula is C22H26N4O2S. The molecule has 0 saturated heterocycles. The highest BCUT2D eigenvalue weighted by Crippen LogP contribution is 2.40. The minimum atomic E-state index is 0.106. The van der Waals surface area contributed by atoms with Gasteiger partial charge in [-0.25, -0.2) is 0 Å². The smallest absolute Gasteiger partial charge is 0.233 e. The molecule has 0 atom stereocenters. The molecule has 7 heteroatoms. The summed E-state index contributed by atoms with van der Waals surface area (Å²) in [6, 6.07) is 14.1. The number of benzene rings is 1. The highest BCUT2D eigenvalue weighted by atomic mass is 32.2. The first-order valence-electron chi connectivity index (χ1n) is 10.0. The average molecular weight is 411 g/mol. The highest BCUT2D eigenvalue weighted by Gasteiger charge is 2.31. The first-order chi connectivity index (χ1) is 14.1. The van der Waals surface area contributed by atoms with Crippen molar-refractivity contribution in [3.8, 4) is 0 Å². The van der Waals surface area contributed by atoms with Gasteiger partial charge in [0.2, 0.25) is 5.91 Å². The molecule has 152 valence electrons. The number of aromatic nitrogens is 3. The SMILES string of the molecule is CC(C)N(Cc1ccccc1)C(=O)CSc1nnc(C2CC2)n1Cc1ccco1. The summed E-state index contributed by atoms with van der Waals surface area (Å²) in [6.07, 6.45) is 3.98. The van der Waals surface area contributed by atoms with E-state index < -0.39 is 0 Å². The van der Waals surface area contributed by atoms with Crippen molar-refractivity contribution in [3.63, 3.8) is 0 Å². The zero-order chi connectivity index (χ0) is 20.2. The minimum absolute atomic E-state index is 0.106. The quantitative estimate of drug-likeness (QED) is 0.492. The summed E-state index contributed by atoms with van der Waals surface area (Å²) in [5, 5.41) is 9.57. The summed E-state index contributed by atoms with van der Waals surface area (Å²) in [4.78, 5) is 14.9. The molecule has 2 aromatic heterocycles. The fourth-order valence-corrected chi connectivity index (χ4v) is 4.14. The van der Waals surface area contributed by atoms with Crippen molar-refractivity contribution in [2.24, 2.45) is 0 Å². The van der Waals surface area contributed by atoms with Gasteiger partial charge in [-0.2, -0.15) is 0 Å². The van der Waals surface area contributed by atoms with E-state index in [1.807, 2.05) is 35.2 Å². The third-order valence-electron chi connectivity index (χ3n) is 5.05. The molecule has 0 aliphatic heterocycles. The number of carbonyl (C=O) groups is 1. The second-order valence-electron chi connectivity index (χ2n) is 7.67. The molecule has 1 saturated carbocycles. The molecule has 1 aromatic carbocycles. The lowest BCUT2D eigenvalue weighted by molar-refractivity contribution is -0.130. The van der Waals surface area contributed by atoms with Crippen LogP contribution in [0.1, 0.15) is 49.8 Å². The number of amides is 1. The number of hydrogen-bond donors (Lipinski definition) is 0. The van der Waals surface area contributed by atoms with Crippen molar-refractivity contribution < 1.29 is 9.21 Å². The van der Waals surface area contributed by atoms with Crippen molar-refractivity contribution in [1.29, 1.82) is 0 Å². The number of thioether (sulfide) groups is 1. The maximum Gasteiger partial charge on any atom is 0.233 e. The van der Waals surface area contributed by atoms with Crippen LogP contribution in [-0.2, 0) is 17.9 Å². The molecule has 6 nitrogen and oxygen atoms in total. The Labute approximate surface area is 175 Å². The molecular weight excluding hydrogens is 384 g/mol. The van der Waals surface area contributed by atoms with Crippen LogP contribution in [0.15, 0.2) is 58.3 Å². The van der Waals surface area contributed by atoms with Gasteiger partial charge in [-0.05, 0) is 44.4 Å². The third-order valence-corrected chi connectivity index (χ3v) is 6.00. The second kappa shape index (κ2) is 8.86. The standard InChI is InChI=1S/C22H26N4O2S/c1-16(2)25(13-17-7-4-3-5-8-17)20(27)15-29-22-24-23-21(18-10-11-18)26(22)14-19-9-6-12-28-19/h3-9,12,16,18H,10-11,13-15H2,1-2H3. The number of nitrogens with zero attached hydrogens (tertiary/aromatic N) is 4. The number of carbonyl (C=O) groups excluding carboxylic acids is 1. The summed E-state index contributed by atoms with van der Waals surface area (Å²) in [5.74, 6) is 2.79. The number of rotatable bonds is 9. The molecule has 0 bridgehead atoms. The van der Waals surface area contributed by atoms with Gasteiger partial charge >= 0.3 is 0 Å². The molecule has 0 radical (unpaired) electrons. The predicted molar refractivity (Wildman–Crippen MR) is 113 cm³/mol. The van der Waals surface area contributed by atoms with Crippen LogP contribution in [0, 0.1) is 0 Å². The van der Waals surface area contributed by atoms with Gasteiger partial charge < -0.3 is 9.32 Å². The first-order valence-corrected chi connectivity index (χ1v) is 11.0. The lowest BCUT2D eigenvalue weighted by atomic mass is 10.2. The van der Waals surface area contributed by atoms with E-state index in [1.54, 1.807) is 6.26 Å². The molecule has 29 heavy (non-hydrogen) atoms. The second-order valence-corrected chi connectivity index (χ2v) is 8.61. The third kappa shape index (κ3) is 4.90. The molecule has 1 aliphatic carbocycles. The van der Waals surface area contributed by atoms with Gasteiger partial charge in [0.1, 0.15) is 11.6 Å². The fourth-order valence-electron chi connectivity index (χ4n) is 3.31. The number of furan rings is 1. The normalized spacial score (nSPS) is 13.8. The molecule has 1 aliphatic rings. The highest BCUT2D eigenvalue weighted by molar-refractivity contribution is 7.99. The van der Waals surface area contributed by atoms with E-state index in [1.165, 1.54) is 11.8 Å². The molecule has 3 aromatic rings. The predicted octanol–water partition coefficient (Wildman–Crippen LogP) is 4.33. The van der Waals surface area contributed by atoms with Crippen molar-refractivity contribution in [3.05, 3.63) is 65.9 Å². The lowest BCUT2D eigenvalue weighted by Crippen LogP contribution is -2.37. The van der Waals surface area contributed by atoms with E-state index in [2.05, 4.69) is 40.7 Å². The van der Waals surface area contributed by atoms with Crippen LogP contribution in [0.5, 0.6) is 0 Å². The summed E-state index contributed by atoms with van der Waals surface area (Å²) in [6.45, 7) is 5.32. The lowest BCUT2D eigenvalue weighted by Gasteiger charge is -2.26. The van der Waals surface area contributed by atoms with Gasteiger partial charge in [0.15, 0.2) is 5.16 Å². The molecule has 1 fully saturated rings. The Morgan fingerprint density at radius 1 is 1.21 bits per heavy atom. The molecule has 2 heterocycles. The minimum Gasteiger partial charge on any atom is -0.467 e. The van der Waals surface area contributed by atoms with E-state index in [9.17, 15) is 4.79 Å². The van der Waals surface area contributed by atoms with Gasteiger partial charge in [0.05, 0.1) is 18.6 Å². The summed E-state index contributed by atoms with van der Waals surface area (Å²) in [5.41, 5.74) is 1.14. The van der Waals surface area contributed by atoms with Crippen molar-refractivity contribution in [1.82, 2.24) is 19.7 Å². The van der Waals surface area contributed by atoms with Gasteiger partial charge in [0, 0.05) is 18.5 Å². The number of hydrogen-bond acceptors (Lipinski definition) is 5. The Hall–Kier alpha value is -2.54. The van der Waals surface area contributed by atoms with Crippen LogP contribution in [0.4, 0.5) is 0 Å². The van der Waals surface area contributed by atoms with Crippen LogP contribution >= 0.6 is 11.8 Å². The zero-order valence-electron chi connectivity index (χ0n) is 16.8. The largest absolute Gasteiger partial charge is 0.467 e. The van der Waals surface area contributed by atoms with Crippen molar-refractivity contribution in [2.75, 3.05) is 5.75 Å². The Morgan fingerprint density at radius 2 is 2.00 bits per heavy atom. The van der Waals surface area contributed by atoms with E-state index in [4.69, 9.17) is 4.42 Å². The van der Waals surface area contributed by atoms with Crippen molar-refractivity contribution in [2.45, 2.75) is 56.9 Å².